The smallest absolute Gasteiger partial charge is 0.231 e. The molecule has 0 fully saturated rings. The summed E-state index contributed by atoms with van der Waals surface area (Å²) in [5.74, 6) is 2.28. The minimum absolute atomic E-state index is 0.0755. The molecule has 7 rings (SSSR count). The summed E-state index contributed by atoms with van der Waals surface area (Å²) in [6.45, 7) is 0.932. The summed E-state index contributed by atoms with van der Waals surface area (Å²) in [5.41, 5.74) is 5.05. The Balaban J connectivity index is 1.42. The molecule has 4 aliphatic rings. The maximum absolute atomic E-state index is 13.7. The van der Waals surface area contributed by atoms with Gasteiger partial charge in [-0.2, -0.15) is 0 Å². The molecule has 0 amide bonds. The number of carbonyl (C=O) groups is 1. The second-order valence-electron chi connectivity index (χ2n) is 9.27. The van der Waals surface area contributed by atoms with Crippen molar-refractivity contribution in [1.82, 2.24) is 4.90 Å². The van der Waals surface area contributed by atoms with Crippen LogP contribution in [0.4, 0.5) is 0 Å². The lowest BCUT2D eigenvalue weighted by Crippen LogP contribution is -2.44. The normalized spacial score (nSPS) is 23.8. The Bertz CT molecular complexity index is 1340. The summed E-state index contributed by atoms with van der Waals surface area (Å²) in [5, 5.41) is 11.5. The maximum atomic E-state index is 13.7. The second-order valence-corrected chi connectivity index (χ2v) is 9.27. The van der Waals surface area contributed by atoms with Gasteiger partial charge in [0.05, 0.1) is 11.7 Å². The monoisotopic (exact) mass is 457 g/mol. The Morgan fingerprint density at radius 2 is 1.68 bits per heavy atom. The van der Waals surface area contributed by atoms with Crippen molar-refractivity contribution in [1.29, 1.82) is 0 Å². The third-order valence-corrected chi connectivity index (χ3v) is 7.47. The van der Waals surface area contributed by atoms with Crippen LogP contribution in [0, 0.1) is 0 Å². The van der Waals surface area contributed by atoms with Gasteiger partial charge >= 0.3 is 0 Å². The molecular formula is C27H23NO6. The highest BCUT2D eigenvalue weighted by atomic mass is 16.7. The number of hydrogen-bond acceptors (Lipinski definition) is 7. The van der Waals surface area contributed by atoms with Crippen LogP contribution in [0.5, 0.6) is 23.0 Å². The quantitative estimate of drug-likeness (QED) is 0.590. The van der Waals surface area contributed by atoms with E-state index in [0.29, 0.717) is 35.6 Å². The van der Waals surface area contributed by atoms with Crippen molar-refractivity contribution in [3.05, 3.63) is 81.9 Å². The molecule has 7 nitrogen and oxygen atoms in total. The van der Waals surface area contributed by atoms with Crippen LogP contribution in [-0.4, -0.2) is 42.5 Å². The van der Waals surface area contributed by atoms with Crippen LogP contribution >= 0.6 is 0 Å². The first kappa shape index (κ1) is 19.9. The van der Waals surface area contributed by atoms with Crippen LogP contribution in [0.25, 0.3) is 0 Å². The highest BCUT2D eigenvalue weighted by Crippen LogP contribution is 2.55. The number of aliphatic hydroxyl groups is 1. The predicted octanol–water partition coefficient (Wildman–Crippen LogP) is 3.56. The Morgan fingerprint density at radius 1 is 0.912 bits per heavy atom. The SMILES string of the molecule is CN1Cc2c(ccc3c2OCO3)[C@@H]2[C@H]1c1cc3c(c(C(=O)c4ccccc4)c1C[C@@H]2O)OCO3. The molecule has 3 heterocycles. The highest BCUT2D eigenvalue weighted by Gasteiger charge is 2.47. The number of ether oxygens (including phenoxy) is 4. The van der Waals surface area contributed by atoms with Crippen molar-refractivity contribution >= 4 is 5.78 Å². The molecule has 0 bridgehead atoms. The molecule has 3 atom stereocenters. The van der Waals surface area contributed by atoms with Gasteiger partial charge in [-0.1, -0.05) is 36.4 Å². The Labute approximate surface area is 196 Å². The van der Waals surface area contributed by atoms with Gasteiger partial charge in [0.2, 0.25) is 13.6 Å². The number of benzene rings is 3. The summed E-state index contributed by atoms with van der Waals surface area (Å²) in [6, 6.07) is 15.0. The number of hydrogen-bond donors (Lipinski definition) is 1. The molecule has 0 radical (unpaired) electrons. The zero-order chi connectivity index (χ0) is 23.0. The molecule has 0 unspecified atom stereocenters. The maximum Gasteiger partial charge on any atom is 0.231 e. The zero-order valence-electron chi connectivity index (χ0n) is 18.6. The first-order chi connectivity index (χ1) is 16.6. The van der Waals surface area contributed by atoms with Crippen LogP contribution in [0.15, 0.2) is 48.5 Å². The van der Waals surface area contributed by atoms with E-state index in [4.69, 9.17) is 18.9 Å². The van der Waals surface area contributed by atoms with Gasteiger partial charge in [-0.15, -0.1) is 0 Å². The van der Waals surface area contributed by atoms with Crippen LogP contribution in [0.3, 0.4) is 0 Å². The predicted molar refractivity (Wildman–Crippen MR) is 122 cm³/mol. The van der Waals surface area contributed by atoms with Crippen molar-refractivity contribution in [2.24, 2.45) is 0 Å². The van der Waals surface area contributed by atoms with Gasteiger partial charge in [-0.3, -0.25) is 9.69 Å². The Morgan fingerprint density at radius 3 is 2.50 bits per heavy atom. The molecule has 172 valence electrons. The third kappa shape index (κ3) is 2.68. The standard InChI is InChI=1S/C27H23NO6/c1-28-11-18-15(7-8-20-26(18)33-12-31-20)22-19(29)9-16-17(24(22)28)10-21-27(34-13-32-21)23(16)25(30)14-5-3-2-4-6-14/h2-8,10,19,22,24,29H,9,11-13H2,1H3/t19-,22-,24+/m0/s1. The Hall–Kier alpha value is -3.55. The van der Waals surface area contributed by atoms with Gasteiger partial charge in [0, 0.05) is 36.1 Å². The molecule has 3 aliphatic heterocycles. The first-order valence-corrected chi connectivity index (χ1v) is 11.5. The summed E-state index contributed by atoms with van der Waals surface area (Å²) in [7, 11) is 2.04. The lowest BCUT2D eigenvalue weighted by molar-refractivity contribution is 0.0587. The van der Waals surface area contributed by atoms with Crippen LogP contribution < -0.4 is 18.9 Å². The molecule has 1 aliphatic carbocycles. The van der Waals surface area contributed by atoms with E-state index in [2.05, 4.69) is 4.90 Å². The first-order valence-electron chi connectivity index (χ1n) is 11.5. The van der Waals surface area contributed by atoms with E-state index in [1.54, 1.807) is 12.1 Å². The zero-order valence-corrected chi connectivity index (χ0v) is 18.6. The third-order valence-electron chi connectivity index (χ3n) is 7.47. The lowest BCUT2D eigenvalue weighted by atomic mass is 9.69. The van der Waals surface area contributed by atoms with Gasteiger partial charge in [-0.25, -0.2) is 0 Å². The van der Waals surface area contributed by atoms with Gasteiger partial charge in [-0.05, 0) is 35.9 Å². The number of aliphatic hydroxyl groups excluding tert-OH is 1. The van der Waals surface area contributed by atoms with Crippen LogP contribution in [-0.2, 0) is 13.0 Å². The minimum atomic E-state index is -0.679. The molecule has 0 aromatic heterocycles. The molecule has 1 N–H and O–H groups in total. The van der Waals surface area contributed by atoms with Crippen LogP contribution in [0.2, 0.25) is 0 Å². The van der Waals surface area contributed by atoms with E-state index in [0.717, 1.165) is 33.8 Å². The van der Waals surface area contributed by atoms with Crippen molar-refractivity contribution in [2.75, 3.05) is 20.6 Å². The van der Waals surface area contributed by atoms with Crippen molar-refractivity contribution in [3.8, 4) is 23.0 Å². The summed E-state index contributed by atoms with van der Waals surface area (Å²) in [4.78, 5) is 15.9. The fraction of sp³-hybridized carbons (Fsp3) is 0.296. The minimum Gasteiger partial charge on any atom is -0.454 e. The molecule has 3 aromatic rings. The lowest BCUT2D eigenvalue weighted by Gasteiger charge is -2.47. The van der Waals surface area contributed by atoms with E-state index in [1.165, 1.54) is 0 Å². The van der Waals surface area contributed by atoms with E-state index >= 15 is 0 Å². The van der Waals surface area contributed by atoms with Crippen LogP contribution in [0.1, 0.15) is 50.1 Å². The van der Waals surface area contributed by atoms with Gasteiger partial charge in [0.15, 0.2) is 28.8 Å². The number of fused-ring (bicyclic) bond motifs is 8. The molecular weight excluding hydrogens is 434 g/mol. The van der Waals surface area contributed by atoms with Crippen molar-refractivity contribution in [3.63, 3.8) is 0 Å². The number of likely N-dealkylation sites (N-methyl/N-ethyl adjacent to an activating group) is 1. The summed E-state index contributed by atoms with van der Waals surface area (Å²) in [6.07, 6.45) is -0.329. The van der Waals surface area contributed by atoms with E-state index in [9.17, 15) is 9.90 Å². The molecule has 34 heavy (non-hydrogen) atoms. The number of rotatable bonds is 2. The molecule has 0 saturated heterocycles. The van der Waals surface area contributed by atoms with E-state index in [1.807, 2.05) is 43.4 Å². The fourth-order valence-electron chi connectivity index (χ4n) is 6.06. The Kier molecular flexibility index (Phi) is 4.22. The number of ketones is 1. The van der Waals surface area contributed by atoms with Gasteiger partial charge in [0.1, 0.15) is 0 Å². The number of nitrogens with zero attached hydrogens (tertiary/aromatic N) is 1. The molecule has 3 aromatic carbocycles. The van der Waals surface area contributed by atoms with Crippen molar-refractivity contribution < 1.29 is 28.8 Å². The molecule has 0 saturated carbocycles. The average molecular weight is 457 g/mol. The molecule has 7 heteroatoms. The largest absolute Gasteiger partial charge is 0.454 e. The summed E-state index contributed by atoms with van der Waals surface area (Å²) < 4.78 is 22.9. The van der Waals surface area contributed by atoms with Crippen molar-refractivity contribution in [2.45, 2.75) is 31.0 Å². The van der Waals surface area contributed by atoms with E-state index < -0.39 is 6.10 Å². The molecule has 0 spiro atoms. The van der Waals surface area contributed by atoms with E-state index in [-0.39, 0.29) is 31.3 Å². The highest BCUT2D eigenvalue weighted by molar-refractivity contribution is 6.12. The topological polar surface area (TPSA) is 77.5 Å². The average Bonchev–Trinajstić information content (AvgIpc) is 3.52. The van der Waals surface area contributed by atoms with Gasteiger partial charge in [0.25, 0.3) is 0 Å². The van der Waals surface area contributed by atoms with Gasteiger partial charge < -0.3 is 24.1 Å². The number of carbonyl (C=O) groups excluding carboxylic acids is 1. The second kappa shape index (κ2) is 7.22. The fourth-order valence-corrected chi connectivity index (χ4v) is 6.06. The summed E-state index contributed by atoms with van der Waals surface area (Å²) >= 11 is 0.